The Morgan fingerprint density at radius 2 is 1.53 bits per heavy atom. The van der Waals surface area contributed by atoms with Crippen LogP contribution in [0, 0.1) is 10.8 Å². The van der Waals surface area contributed by atoms with Crippen molar-refractivity contribution in [1.82, 2.24) is 4.90 Å². The Morgan fingerprint density at radius 3 is 2.16 bits per heavy atom. The molecule has 0 unspecified atom stereocenters. The van der Waals surface area contributed by atoms with Gasteiger partial charge in [-0.15, -0.1) is 0 Å². The molecule has 4 heteroatoms. The molecule has 1 aliphatic carbocycles. The van der Waals surface area contributed by atoms with Gasteiger partial charge in [-0.25, -0.2) is 0 Å². The van der Waals surface area contributed by atoms with Crippen LogP contribution in [0.3, 0.4) is 0 Å². The summed E-state index contributed by atoms with van der Waals surface area (Å²) in [6.45, 7) is 21.9. The molecule has 0 spiro atoms. The number of unbranched alkanes of at least 4 members (excludes halogenated alkanes) is 1. The minimum Gasteiger partial charge on any atom is -0.378 e. The maximum Gasteiger partial charge on any atom is 0.0642 e. The number of ether oxygens (including phenoxy) is 1. The predicted molar refractivity (Wildman–Crippen MR) is 137 cm³/mol. The summed E-state index contributed by atoms with van der Waals surface area (Å²) < 4.78 is 5.62. The summed E-state index contributed by atoms with van der Waals surface area (Å²) in [5.74, 6) is 0.642. The van der Waals surface area contributed by atoms with E-state index in [1.165, 1.54) is 63.1 Å². The number of benzene rings is 1. The lowest BCUT2D eigenvalue weighted by Crippen LogP contribution is -2.47. The summed E-state index contributed by atoms with van der Waals surface area (Å²) in [6, 6.07) is 7.40. The molecular formula is C28H47N3O. The molecule has 0 atom stereocenters. The van der Waals surface area contributed by atoms with E-state index in [0.717, 1.165) is 39.4 Å². The van der Waals surface area contributed by atoms with Gasteiger partial charge in [-0.05, 0) is 72.7 Å². The van der Waals surface area contributed by atoms with Crippen molar-refractivity contribution in [2.75, 3.05) is 68.8 Å². The average molecular weight is 442 g/mol. The molecule has 3 aliphatic rings. The van der Waals surface area contributed by atoms with Gasteiger partial charge in [0, 0.05) is 50.6 Å². The Morgan fingerprint density at radius 1 is 0.875 bits per heavy atom. The Labute approximate surface area is 197 Å². The molecule has 3 fully saturated rings. The van der Waals surface area contributed by atoms with Crippen molar-refractivity contribution in [1.29, 1.82) is 0 Å². The Balaban J connectivity index is 1.61. The van der Waals surface area contributed by atoms with E-state index in [1.54, 1.807) is 5.56 Å². The van der Waals surface area contributed by atoms with Crippen molar-refractivity contribution in [2.45, 2.75) is 72.6 Å². The van der Waals surface area contributed by atoms with E-state index >= 15 is 0 Å². The first-order valence-corrected chi connectivity index (χ1v) is 13.2. The Hall–Kier alpha value is -1.26. The average Bonchev–Trinajstić information content (AvgIpc) is 2.76. The lowest BCUT2D eigenvalue weighted by molar-refractivity contribution is 0.0969. The minimum absolute atomic E-state index is 0.400. The highest BCUT2D eigenvalue weighted by atomic mass is 16.5. The molecule has 1 saturated carbocycles. The molecule has 0 N–H and O–H groups in total. The zero-order valence-electron chi connectivity index (χ0n) is 21.5. The van der Waals surface area contributed by atoms with Gasteiger partial charge in [-0.3, -0.25) is 4.90 Å². The quantitative estimate of drug-likeness (QED) is 0.558. The van der Waals surface area contributed by atoms with Crippen LogP contribution in [0.15, 0.2) is 18.2 Å². The topological polar surface area (TPSA) is 19.0 Å². The number of piperazine rings is 1. The first-order chi connectivity index (χ1) is 15.3. The highest BCUT2D eigenvalue weighted by Gasteiger charge is 2.40. The largest absolute Gasteiger partial charge is 0.378 e. The molecular weight excluding hydrogens is 394 g/mol. The Kier molecular flexibility index (Phi) is 7.41. The monoisotopic (exact) mass is 441 g/mol. The predicted octanol–water partition coefficient (Wildman–Crippen LogP) is 5.77. The molecule has 1 aromatic rings. The molecule has 4 nitrogen and oxygen atoms in total. The molecule has 2 aliphatic heterocycles. The third kappa shape index (κ3) is 5.80. The molecule has 1 aromatic carbocycles. The van der Waals surface area contributed by atoms with Gasteiger partial charge in [0.15, 0.2) is 0 Å². The minimum atomic E-state index is 0.400. The SMILES string of the molecule is CCCCN1CCN(c2ccc(N3CCOCC3)cc2C2CC(C)(C)CC(C)(C)C2)CC1. The van der Waals surface area contributed by atoms with E-state index in [1.807, 2.05) is 0 Å². The van der Waals surface area contributed by atoms with Gasteiger partial charge in [0.1, 0.15) is 0 Å². The maximum absolute atomic E-state index is 5.62. The third-order valence-corrected chi connectivity index (χ3v) is 7.92. The molecule has 0 radical (unpaired) electrons. The summed E-state index contributed by atoms with van der Waals surface area (Å²) in [7, 11) is 0. The van der Waals surface area contributed by atoms with E-state index in [-0.39, 0.29) is 0 Å². The first kappa shape index (κ1) is 23.9. The molecule has 0 amide bonds. The normalized spacial score (nSPS) is 24.7. The number of hydrogen-bond donors (Lipinski definition) is 0. The lowest BCUT2D eigenvalue weighted by atomic mass is 9.60. The second kappa shape index (κ2) is 9.93. The van der Waals surface area contributed by atoms with Gasteiger partial charge in [0.05, 0.1) is 13.2 Å². The van der Waals surface area contributed by atoms with E-state index < -0.39 is 0 Å². The number of anilines is 2. The highest BCUT2D eigenvalue weighted by Crippen LogP contribution is 2.53. The van der Waals surface area contributed by atoms with Crippen molar-refractivity contribution in [3.63, 3.8) is 0 Å². The first-order valence-electron chi connectivity index (χ1n) is 13.2. The van der Waals surface area contributed by atoms with E-state index in [2.05, 4.69) is 67.5 Å². The standard InChI is InChI=1S/C28H47N3O/c1-6-7-10-29-11-13-31(14-12-29)26-9-8-24(30-15-17-32-18-16-30)19-25(26)23-20-27(2,3)22-28(4,5)21-23/h8-9,19,23H,6-7,10-18,20-22H2,1-5H3. The van der Waals surface area contributed by atoms with Gasteiger partial charge in [0.2, 0.25) is 0 Å². The van der Waals surface area contributed by atoms with Crippen molar-refractivity contribution in [3.8, 4) is 0 Å². The van der Waals surface area contributed by atoms with Crippen LogP contribution < -0.4 is 9.80 Å². The van der Waals surface area contributed by atoms with Crippen LogP contribution in [-0.2, 0) is 4.74 Å². The fourth-order valence-electron chi connectivity index (χ4n) is 6.84. The molecule has 32 heavy (non-hydrogen) atoms. The smallest absolute Gasteiger partial charge is 0.0642 e. The summed E-state index contributed by atoms with van der Waals surface area (Å²) in [5.41, 5.74) is 5.32. The van der Waals surface area contributed by atoms with Crippen LogP contribution in [0.4, 0.5) is 11.4 Å². The van der Waals surface area contributed by atoms with Crippen molar-refractivity contribution in [3.05, 3.63) is 23.8 Å². The van der Waals surface area contributed by atoms with Gasteiger partial charge in [-0.2, -0.15) is 0 Å². The summed E-state index contributed by atoms with van der Waals surface area (Å²) >= 11 is 0. The Bertz CT molecular complexity index is 729. The zero-order valence-corrected chi connectivity index (χ0v) is 21.5. The summed E-state index contributed by atoms with van der Waals surface area (Å²) in [4.78, 5) is 7.88. The van der Waals surface area contributed by atoms with Crippen molar-refractivity contribution >= 4 is 11.4 Å². The number of hydrogen-bond acceptors (Lipinski definition) is 4. The summed E-state index contributed by atoms with van der Waals surface area (Å²) in [6.07, 6.45) is 6.54. The molecule has 2 heterocycles. The maximum atomic E-state index is 5.62. The lowest BCUT2D eigenvalue weighted by Gasteiger charge is -2.46. The van der Waals surface area contributed by atoms with Gasteiger partial charge in [0.25, 0.3) is 0 Å². The molecule has 0 aromatic heterocycles. The fourth-order valence-corrected chi connectivity index (χ4v) is 6.84. The van der Waals surface area contributed by atoms with Crippen LogP contribution in [-0.4, -0.2) is 63.9 Å². The second-order valence-corrected chi connectivity index (χ2v) is 12.1. The van der Waals surface area contributed by atoms with Gasteiger partial charge < -0.3 is 14.5 Å². The van der Waals surface area contributed by atoms with Crippen molar-refractivity contribution in [2.24, 2.45) is 10.8 Å². The van der Waals surface area contributed by atoms with Crippen LogP contribution in [0.5, 0.6) is 0 Å². The molecule has 2 saturated heterocycles. The molecule has 4 rings (SSSR count). The van der Waals surface area contributed by atoms with Crippen LogP contribution >= 0.6 is 0 Å². The fraction of sp³-hybridized carbons (Fsp3) is 0.786. The zero-order chi connectivity index (χ0) is 22.8. The summed E-state index contributed by atoms with van der Waals surface area (Å²) in [5, 5.41) is 0. The van der Waals surface area contributed by atoms with Crippen LogP contribution in [0.1, 0.15) is 78.2 Å². The van der Waals surface area contributed by atoms with E-state index in [9.17, 15) is 0 Å². The van der Waals surface area contributed by atoms with Crippen LogP contribution in [0.25, 0.3) is 0 Å². The second-order valence-electron chi connectivity index (χ2n) is 12.1. The number of morpholine rings is 1. The van der Waals surface area contributed by atoms with Crippen molar-refractivity contribution < 1.29 is 4.74 Å². The number of nitrogens with zero attached hydrogens (tertiary/aromatic N) is 3. The number of rotatable bonds is 6. The van der Waals surface area contributed by atoms with Gasteiger partial charge >= 0.3 is 0 Å². The molecule has 0 bridgehead atoms. The van der Waals surface area contributed by atoms with E-state index in [4.69, 9.17) is 4.74 Å². The van der Waals surface area contributed by atoms with Gasteiger partial charge in [-0.1, -0.05) is 41.0 Å². The molecule has 180 valence electrons. The third-order valence-electron chi connectivity index (χ3n) is 7.92. The van der Waals surface area contributed by atoms with E-state index in [0.29, 0.717) is 16.7 Å². The van der Waals surface area contributed by atoms with Crippen LogP contribution in [0.2, 0.25) is 0 Å². The highest BCUT2D eigenvalue weighted by molar-refractivity contribution is 5.64.